The lowest BCUT2D eigenvalue weighted by molar-refractivity contribution is 0.393. The maximum absolute atomic E-state index is 5.37. The molecule has 0 unspecified atom stereocenters. The Labute approximate surface area is 178 Å². The molecular formula is C22H22BrN5O. The first-order valence-corrected chi connectivity index (χ1v) is 10.3. The molecule has 0 atom stereocenters. The lowest BCUT2D eigenvalue weighted by atomic mass is 10.0. The third-order valence-electron chi connectivity index (χ3n) is 5.05. The molecule has 2 heterocycles. The first-order valence-electron chi connectivity index (χ1n) is 9.47. The van der Waals surface area contributed by atoms with Gasteiger partial charge in [0.15, 0.2) is 0 Å². The maximum atomic E-state index is 5.37. The summed E-state index contributed by atoms with van der Waals surface area (Å²) in [5, 5.41) is 12.1. The van der Waals surface area contributed by atoms with Crippen molar-refractivity contribution in [2.75, 3.05) is 11.4 Å². The average molecular weight is 452 g/mol. The van der Waals surface area contributed by atoms with Gasteiger partial charge in [-0.3, -0.25) is 0 Å². The second kappa shape index (κ2) is 7.83. The van der Waals surface area contributed by atoms with Crippen molar-refractivity contribution in [2.24, 2.45) is 0 Å². The number of halogens is 1. The van der Waals surface area contributed by atoms with Gasteiger partial charge < -0.3 is 9.42 Å². The van der Waals surface area contributed by atoms with Crippen LogP contribution in [0, 0.1) is 20.8 Å². The smallest absolute Gasteiger partial charge is 0.141 e. The van der Waals surface area contributed by atoms with E-state index < -0.39 is 0 Å². The summed E-state index contributed by atoms with van der Waals surface area (Å²) in [7, 11) is 0. The SMILES string of the molecule is CCN(c1ccc(-n2ccnn2)c(Br)c1)c1cc(-c2c(C)noc2C)ccc1C. The zero-order valence-corrected chi connectivity index (χ0v) is 18.4. The molecule has 7 heteroatoms. The molecule has 0 aliphatic rings. The van der Waals surface area contributed by atoms with Gasteiger partial charge in [0.1, 0.15) is 5.76 Å². The highest BCUT2D eigenvalue weighted by Crippen LogP contribution is 2.36. The van der Waals surface area contributed by atoms with Crippen molar-refractivity contribution in [1.82, 2.24) is 20.2 Å². The van der Waals surface area contributed by atoms with Crippen LogP contribution in [0.4, 0.5) is 11.4 Å². The van der Waals surface area contributed by atoms with Crippen molar-refractivity contribution in [2.45, 2.75) is 27.7 Å². The number of nitrogens with zero attached hydrogens (tertiary/aromatic N) is 5. The summed E-state index contributed by atoms with van der Waals surface area (Å²) in [4.78, 5) is 2.30. The van der Waals surface area contributed by atoms with Gasteiger partial charge in [-0.1, -0.05) is 22.5 Å². The Morgan fingerprint density at radius 3 is 2.55 bits per heavy atom. The monoisotopic (exact) mass is 451 g/mol. The summed E-state index contributed by atoms with van der Waals surface area (Å²) in [6, 6.07) is 12.8. The summed E-state index contributed by atoms with van der Waals surface area (Å²) in [5.41, 5.74) is 7.49. The van der Waals surface area contributed by atoms with Crippen molar-refractivity contribution in [3.63, 3.8) is 0 Å². The van der Waals surface area contributed by atoms with Gasteiger partial charge in [-0.25, -0.2) is 4.68 Å². The quantitative estimate of drug-likeness (QED) is 0.385. The Kier molecular flexibility index (Phi) is 5.24. The molecule has 29 heavy (non-hydrogen) atoms. The Hall–Kier alpha value is -2.93. The van der Waals surface area contributed by atoms with Crippen LogP contribution in [0.5, 0.6) is 0 Å². The number of hydrogen-bond donors (Lipinski definition) is 0. The molecule has 148 valence electrons. The van der Waals surface area contributed by atoms with Crippen LogP contribution in [0.1, 0.15) is 23.9 Å². The van der Waals surface area contributed by atoms with Crippen molar-refractivity contribution >= 4 is 27.3 Å². The predicted molar refractivity (Wildman–Crippen MR) is 118 cm³/mol. The number of rotatable bonds is 5. The second-order valence-electron chi connectivity index (χ2n) is 6.93. The molecule has 0 aliphatic heterocycles. The Morgan fingerprint density at radius 2 is 1.93 bits per heavy atom. The molecule has 0 aliphatic carbocycles. The molecule has 6 nitrogen and oxygen atoms in total. The van der Waals surface area contributed by atoms with Crippen LogP contribution < -0.4 is 4.90 Å². The molecule has 0 spiro atoms. The molecule has 0 bridgehead atoms. The Balaban J connectivity index is 1.77. The third-order valence-corrected chi connectivity index (χ3v) is 5.69. The van der Waals surface area contributed by atoms with E-state index in [1.165, 1.54) is 5.56 Å². The summed E-state index contributed by atoms with van der Waals surface area (Å²) in [6.45, 7) is 9.05. The highest BCUT2D eigenvalue weighted by molar-refractivity contribution is 9.10. The second-order valence-corrected chi connectivity index (χ2v) is 7.78. The first-order chi connectivity index (χ1) is 14.0. The predicted octanol–water partition coefficient (Wildman–Crippen LogP) is 5.77. The fourth-order valence-corrected chi connectivity index (χ4v) is 4.18. The molecule has 0 fully saturated rings. The lowest BCUT2D eigenvalue weighted by Gasteiger charge is -2.26. The van der Waals surface area contributed by atoms with Crippen LogP contribution in [-0.4, -0.2) is 26.7 Å². The van der Waals surface area contributed by atoms with Crippen LogP contribution in [0.15, 0.2) is 57.8 Å². The zero-order valence-electron chi connectivity index (χ0n) is 16.8. The topological polar surface area (TPSA) is 60.0 Å². The minimum absolute atomic E-state index is 0.834. The minimum Gasteiger partial charge on any atom is -0.361 e. The van der Waals surface area contributed by atoms with E-state index in [0.29, 0.717) is 0 Å². The number of aryl methyl sites for hydroxylation is 3. The Bertz CT molecular complexity index is 1130. The molecule has 0 saturated heterocycles. The molecule has 0 radical (unpaired) electrons. The summed E-state index contributed by atoms with van der Waals surface area (Å²) in [5.74, 6) is 0.834. The molecule has 0 amide bonds. The minimum atomic E-state index is 0.834. The molecule has 2 aromatic carbocycles. The highest BCUT2D eigenvalue weighted by atomic mass is 79.9. The summed E-state index contributed by atoms with van der Waals surface area (Å²) >= 11 is 3.69. The average Bonchev–Trinajstić information content (AvgIpc) is 3.34. The van der Waals surface area contributed by atoms with E-state index in [2.05, 4.69) is 80.5 Å². The molecule has 4 rings (SSSR count). The summed E-state index contributed by atoms with van der Waals surface area (Å²) in [6.07, 6.45) is 3.50. The lowest BCUT2D eigenvalue weighted by Crippen LogP contribution is -2.17. The van der Waals surface area contributed by atoms with Crippen molar-refractivity contribution in [1.29, 1.82) is 0 Å². The molecule has 0 saturated carbocycles. The largest absolute Gasteiger partial charge is 0.361 e. The zero-order chi connectivity index (χ0) is 20.5. The van der Waals surface area contributed by atoms with E-state index in [1.807, 2.05) is 26.1 Å². The van der Waals surface area contributed by atoms with Crippen LogP contribution in [0.25, 0.3) is 16.8 Å². The first kappa shape index (κ1) is 19.4. The van der Waals surface area contributed by atoms with E-state index in [9.17, 15) is 0 Å². The van der Waals surface area contributed by atoms with Crippen LogP contribution in [0.3, 0.4) is 0 Å². The maximum Gasteiger partial charge on any atom is 0.141 e. The third kappa shape index (κ3) is 3.58. The molecular weight excluding hydrogens is 430 g/mol. The number of aromatic nitrogens is 4. The standard InChI is InChI=1S/C22H22BrN5O/c1-5-27(18-8-9-20(19(23)13-18)28-11-10-24-26-28)21-12-17(7-6-14(21)2)22-15(3)25-29-16(22)4/h6-13H,5H2,1-4H3. The van der Waals surface area contributed by atoms with Gasteiger partial charge in [0.25, 0.3) is 0 Å². The van der Waals surface area contributed by atoms with Gasteiger partial charge in [-0.15, -0.1) is 5.10 Å². The van der Waals surface area contributed by atoms with Crippen molar-refractivity contribution in [3.05, 3.63) is 70.3 Å². The molecule has 2 aromatic heterocycles. The number of hydrogen-bond acceptors (Lipinski definition) is 5. The van der Waals surface area contributed by atoms with Crippen LogP contribution in [-0.2, 0) is 0 Å². The van der Waals surface area contributed by atoms with E-state index in [0.717, 1.165) is 50.7 Å². The molecule has 0 N–H and O–H groups in total. The fraction of sp³-hybridized carbons (Fsp3) is 0.227. The van der Waals surface area contributed by atoms with Crippen LogP contribution >= 0.6 is 15.9 Å². The van der Waals surface area contributed by atoms with E-state index in [1.54, 1.807) is 10.9 Å². The van der Waals surface area contributed by atoms with Crippen molar-refractivity contribution < 1.29 is 4.52 Å². The summed E-state index contributed by atoms with van der Waals surface area (Å²) < 4.78 is 8.07. The number of benzene rings is 2. The highest BCUT2D eigenvalue weighted by Gasteiger charge is 2.17. The fourth-order valence-electron chi connectivity index (χ4n) is 3.63. The van der Waals surface area contributed by atoms with E-state index in [4.69, 9.17) is 4.52 Å². The normalized spacial score (nSPS) is 11.1. The van der Waals surface area contributed by atoms with Crippen LogP contribution in [0.2, 0.25) is 0 Å². The van der Waals surface area contributed by atoms with E-state index in [-0.39, 0.29) is 0 Å². The van der Waals surface area contributed by atoms with Crippen molar-refractivity contribution in [3.8, 4) is 16.8 Å². The van der Waals surface area contributed by atoms with Gasteiger partial charge in [-0.05, 0) is 79.0 Å². The Morgan fingerprint density at radius 1 is 1.10 bits per heavy atom. The van der Waals surface area contributed by atoms with Gasteiger partial charge in [-0.2, -0.15) is 0 Å². The van der Waals surface area contributed by atoms with Gasteiger partial charge in [0, 0.05) is 28.0 Å². The molecule has 4 aromatic rings. The van der Waals surface area contributed by atoms with Gasteiger partial charge in [0.2, 0.25) is 0 Å². The van der Waals surface area contributed by atoms with Gasteiger partial charge >= 0.3 is 0 Å². The number of anilines is 2. The van der Waals surface area contributed by atoms with Gasteiger partial charge in [0.05, 0.1) is 23.8 Å². The van der Waals surface area contributed by atoms with E-state index >= 15 is 0 Å².